The van der Waals surface area contributed by atoms with E-state index in [0.29, 0.717) is 6.04 Å². The van der Waals surface area contributed by atoms with Gasteiger partial charge in [-0.2, -0.15) is 0 Å². The number of benzene rings is 1. The molecule has 1 fully saturated rings. The largest absolute Gasteiger partial charge is 0.310 e. The lowest BCUT2D eigenvalue weighted by atomic mass is 9.80. The molecule has 0 spiro atoms. The molecular formula is C15H22FN. The molecule has 0 radical (unpaired) electrons. The summed E-state index contributed by atoms with van der Waals surface area (Å²) >= 11 is 0. The van der Waals surface area contributed by atoms with Crippen LogP contribution in [0.15, 0.2) is 24.3 Å². The normalized spacial score (nSPS) is 29.2. The summed E-state index contributed by atoms with van der Waals surface area (Å²) in [6.07, 6.45) is 3.90. The molecule has 1 aliphatic carbocycles. The van der Waals surface area contributed by atoms with Gasteiger partial charge in [0.1, 0.15) is 5.82 Å². The fourth-order valence-corrected chi connectivity index (χ4v) is 2.71. The third kappa shape index (κ3) is 3.53. The van der Waals surface area contributed by atoms with E-state index in [1.54, 1.807) is 12.1 Å². The molecule has 94 valence electrons. The molecule has 3 atom stereocenters. The maximum atomic E-state index is 13.0. The molecule has 3 unspecified atom stereocenters. The lowest BCUT2D eigenvalue weighted by Crippen LogP contribution is -2.39. The highest BCUT2D eigenvalue weighted by Gasteiger charge is 2.24. The first-order valence-corrected chi connectivity index (χ1v) is 6.63. The summed E-state index contributed by atoms with van der Waals surface area (Å²) in [7, 11) is 0. The summed E-state index contributed by atoms with van der Waals surface area (Å²) in [5, 5.41) is 3.58. The van der Waals surface area contributed by atoms with Crippen LogP contribution in [0, 0.1) is 17.7 Å². The topological polar surface area (TPSA) is 12.0 Å². The van der Waals surface area contributed by atoms with Crippen molar-refractivity contribution in [1.29, 1.82) is 0 Å². The van der Waals surface area contributed by atoms with Gasteiger partial charge in [-0.25, -0.2) is 4.39 Å². The van der Waals surface area contributed by atoms with Crippen molar-refractivity contribution in [3.63, 3.8) is 0 Å². The van der Waals surface area contributed by atoms with Crippen LogP contribution in [0.4, 0.5) is 4.39 Å². The second-order valence-electron chi connectivity index (χ2n) is 5.51. The second kappa shape index (κ2) is 5.63. The molecule has 0 saturated heterocycles. The fourth-order valence-electron chi connectivity index (χ4n) is 2.71. The number of nitrogens with one attached hydrogen (secondary N) is 1. The van der Waals surface area contributed by atoms with E-state index in [9.17, 15) is 4.39 Å². The number of halogens is 1. The SMILES string of the molecule is CC1CCC(C)C(NCc2cccc(F)c2)C1. The van der Waals surface area contributed by atoms with Crippen molar-refractivity contribution >= 4 is 0 Å². The quantitative estimate of drug-likeness (QED) is 0.841. The highest BCUT2D eigenvalue weighted by atomic mass is 19.1. The Kier molecular flexibility index (Phi) is 4.16. The number of hydrogen-bond acceptors (Lipinski definition) is 1. The van der Waals surface area contributed by atoms with Gasteiger partial charge in [-0.3, -0.25) is 0 Å². The predicted molar refractivity (Wildman–Crippen MR) is 69.2 cm³/mol. The Bertz CT molecular complexity index is 364. The Balaban J connectivity index is 1.88. The Hall–Kier alpha value is -0.890. The van der Waals surface area contributed by atoms with E-state index in [1.807, 2.05) is 6.07 Å². The molecule has 1 N–H and O–H groups in total. The van der Waals surface area contributed by atoms with Gasteiger partial charge in [0.2, 0.25) is 0 Å². The van der Waals surface area contributed by atoms with Crippen molar-refractivity contribution in [1.82, 2.24) is 5.32 Å². The molecule has 1 aromatic rings. The third-order valence-corrected chi connectivity index (χ3v) is 3.92. The minimum atomic E-state index is -0.144. The Morgan fingerprint density at radius 3 is 2.88 bits per heavy atom. The monoisotopic (exact) mass is 235 g/mol. The van der Waals surface area contributed by atoms with Gasteiger partial charge in [0.15, 0.2) is 0 Å². The zero-order valence-corrected chi connectivity index (χ0v) is 10.7. The first-order valence-electron chi connectivity index (χ1n) is 6.63. The van der Waals surface area contributed by atoms with Gasteiger partial charge in [0, 0.05) is 12.6 Å². The Labute approximate surface area is 103 Å². The van der Waals surface area contributed by atoms with Crippen LogP contribution in [0.2, 0.25) is 0 Å². The van der Waals surface area contributed by atoms with E-state index >= 15 is 0 Å². The summed E-state index contributed by atoms with van der Waals surface area (Å²) in [4.78, 5) is 0. The molecule has 0 aromatic heterocycles. The van der Waals surface area contributed by atoms with Gasteiger partial charge >= 0.3 is 0 Å². The summed E-state index contributed by atoms with van der Waals surface area (Å²) in [6.45, 7) is 5.41. The molecule has 1 aliphatic rings. The molecule has 0 bridgehead atoms. The van der Waals surface area contributed by atoms with E-state index in [1.165, 1.54) is 25.3 Å². The summed E-state index contributed by atoms with van der Waals surface area (Å²) in [6, 6.07) is 7.45. The number of hydrogen-bond donors (Lipinski definition) is 1. The van der Waals surface area contributed by atoms with Crippen molar-refractivity contribution in [3.05, 3.63) is 35.6 Å². The maximum Gasteiger partial charge on any atom is 0.123 e. The molecule has 2 rings (SSSR count). The lowest BCUT2D eigenvalue weighted by Gasteiger charge is -2.33. The van der Waals surface area contributed by atoms with Crippen LogP contribution in [-0.4, -0.2) is 6.04 Å². The Morgan fingerprint density at radius 1 is 1.29 bits per heavy atom. The fraction of sp³-hybridized carbons (Fsp3) is 0.600. The molecule has 0 aliphatic heterocycles. The van der Waals surface area contributed by atoms with Crippen molar-refractivity contribution < 1.29 is 4.39 Å². The predicted octanol–water partition coefficient (Wildman–Crippen LogP) is 3.74. The van der Waals surface area contributed by atoms with E-state index < -0.39 is 0 Å². The van der Waals surface area contributed by atoms with Gasteiger partial charge in [-0.15, -0.1) is 0 Å². The maximum absolute atomic E-state index is 13.0. The van der Waals surface area contributed by atoms with Crippen molar-refractivity contribution in [3.8, 4) is 0 Å². The van der Waals surface area contributed by atoms with Crippen LogP contribution >= 0.6 is 0 Å². The first kappa shape index (κ1) is 12.6. The van der Waals surface area contributed by atoms with Gasteiger partial charge < -0.3 is 5.32 Å². The smallest absolute Gasteiger partial charge is 0.123 e. The molecule has 1 aromatic carbocycles. The zero-order valence-electron chi connectivity index (χ0n) is 10.7. The lowest BCUT2D eigenvalue weighted by molar-refractivity contribution is 0.227. The van der Waals surface area contributed by atoms with Crippen molar-refractivity contribution in [2.24, 2.45) is 11.8 Å². The van der Waals surface area contributed by atoms with E-state index in [-0.39, 0.29) is 5.82 Å². The molecule has 1 saturated carbocycles. The standard InChI is InChI=1S/C15H22FN/c1-11-6-7-12(2)15(8-11)17-10-13-4-3-5-14(16)9-13/h3-5,9,11-12,15,17H,6-8,10H2,1-2H3. The third-order valence-electron chi connectivity index (χ3n) is 3.92. The highest BCUT2D eigenvalue weighted by molar-refractivity contribution is 5.16. The van der Waals surface area contributed by atoms with E-state index in [4.69, 9.17) is 0 Å². The minimum absolute atomic E-state index is 0.144. The molecule has 2 heteroatoms. The van der Waals surface area contributed by atoms with Crippen LogP contribution in [0.5, 0.6) is 0 Å². The van der Waals surface area contributed by atoms with Crippen LogP contribution in [-0.2, 0) is 6.54 Å². The average Bonchev–Trinajstić information content (AvgIpc) is 2.30. The van der Waals surface area contributed by atoms with Gasteiger partial charge in [0.05, 0.1) is 0 Å². The molecule has 17 heavy (non-hydrogen) atoms. The highest BCUT2D eigenvalue weighted by Crippen LogP contribution is 2.28. The van der Waals surface area contributed by atoms with Gasteiger partial charge in [-0.1, -0.05) is 32.4 Å². The van der Waals surface area contributed by atoms with Crippen molar-refractivity contribution in [2.75, 3.05) is 0 Å². The van der Waals surface area contributed by atoms with Gasteiger partial charge in [0.25, 0.3) is 0 Å². The van der Waals surface area contributed by atoms with Gasteiger partial charge in [-0.05, 0) is 42.4 Å². The van der Waals surface area contributed by atoms with E-state index in [0.717, 1.165) is 23.9 Å². The van der Waals surface area contributed by atoms with E-state index in [2.05, 4.69) is 19.2 Å². The van der Waals surface area contributed by atoms with Crippen LogP contribution in [0.3, 0.4) is 0 Å². The zero-order chi connectivity index (χ0) is 12.3. The molecule has 1 nitrogen and oxygen atoms in total. The summed E-state index contributed by atoms with van der Waals surface area (Å²) in [5.74, 6) is 1.41. The molecule has 0 amide bonds. The average molecular weight is 235 g/mol. The van der Waals surface area contributed by atoms with Crippen molar-refractivity contribution in [2.45, 2.75) is 45.7 Å². The van der Waals surface area contributed by atoms with Crippen LogP contribution < -0.4 is 5.32 Å². The molecule has 0 heterocycles. The molecular weight excluding hydrogens is 213 g/mol. The Morgan fingerprint density at radius 2 is 2.12 bits per heavy atom. The first-order chi connectivity index (χ1) is 8.15. The summed E-state index contributed by atoms with van der Waals surface area (Å²) < 4.78 is 13.0. The minimum Gasteiger partial charge on any atom is -0.310 e. The second-order valence-corrected chi connectivity index (χ2v) is 5.51. The number of rotatable bonds is 3. The van der Waals surface area contributed by atoms with Crippen LogP contribution in [0.1, 0.15) is 38.7 Å². The van der Waals surface area contributed by atoms with Crippen LogP contribution in [0.25, 0.3) is 0 Å². The summed E-state index contributed by atoms with van der Waals surface area (Å²) in [5.41, 5.74) is 1.04.